The second-order valence-electron chi connectivity index (χ2n) is 4.72. The highest BCUT2D eigenvalue weighted by atomic mass is 16.5. The Balaban J connectivity index is 2.28. The molecule has 0 unspecified atom stereocenters. The fourth-order valence-corrected chi connectivity index (χ4v) is 1.95. The smallest absolute Gasteiger partial charge is 0.137 e. The summed E-state index contributed by atoms with van der Waals surface area (Å²) in [5.74, 6) is 0.935. The molecule has 0 fully saturated rings. The van der Waals surface area contributed by atoms with Gasteiger partial charge in [-0.05, 0) is 42.8 Å². The molecule has 0 spiro atoms. The molecule has 0 bridgehead atoms. The van der Waals surface area contributed by atoms with E-state index in [-0.39, 0.29) is 11.3 Å². The number of ether oxygens (including phenoxy) is 1. The first-order valence-electron chi connectivity index (χ1n) is 9.66. The maximum absolute atomic E-state index is 9.01. The molecule has 0 amide bonds. The molecular formula is C19H17N3O. The fourth-order valence-electron chi connectivity index (χ4n) is 1.95. The Hall–Kier alpha value is -3.24. The number of nitriles is 2. The third-order valence-electron chi connectivity index (χ3n) is 3.04. The highest BCUT2D eigenvalue weighted by Crippen LogP contribution is 2.23. The average molecular weight is 309 g/mol. The van der Waals surface area contributed by atoms with E-state index in [0.29, 0.717) is 27.6 Å². The lowest BCUT2D eigenvalue weighted by atomic mass is 10.1. The van der Waals surface area contributed by atoms with Crippen molar-refractivity contribution in [2.75, 3.05) is 18.9 Å². The lowest BCUT2D eigenvalue weighted by Gasteiger charge is -2.13. The minimum absolute atomic E-state index is 0.0303. The van der Waals surface area contributed by atoms with E-state index >= 15 is 0 Å². The molecule has 1 heterocycles. The molecule has 1 aliphatic rings. The molecule has 1 aromatic carbocycles. The van der Waals surface area contributed by atoms with Gasteiger partial charge in [-0.25, -0.2) is 0 Å². The molecule has 0 aromatic heterocycles. The number of nitrogens with zero attached hydrogens (tertiary/aromatic N) is 3. The molecular weight excluding hydrogens is 286 g/mol. The molecule has 114 valence electrons. The monoisotopic (exact) mass is 309 g/mol. The van der Waals surface area contributed by atoms with E-state index in [1.807, 2.05) is 12.1 Å². The zero-order chi connectivity index (χ0) is 21.8. The molecule has 1 aromatic rings. The van der Waals surface area contributed by atoms with Crippen LogP contribution in [0.15, 0.2) is 65.2 Å². The van der Waals surface area contributed by atoms with Crippen molar-refractivity contribution in [1.29, 1.82) is 10.5 Å². The van der Waals surface area contributed by atoms with Crippen LogP contribution in [0.5, 0.6) is 0 Å². The predicted octanol–water partition coefficient (Wildman–Crippen LogP) is 3.93. The summed E-state index contributed by atoms with van der Waals surface area (Å²) in [6, 6.07) is 9.64. The molecule has 23 heavy (non-hydrogen) atoms. The van der Waals surface area contributed by atoms with Gasteiger partial charge in [-0.3, -0.25) is 0 Å². The number of hydrogen-bond acceptors (Lipinski definition) is 4. The van der Waals surface area contributed by atoms with E-state index in [2.05, 4.69) is 0 Å². The molecule has 1 aliphatic heterocycles. The summed E-state index contributed by atoms with van der Waals surface area (Å²) < 4.78 is 50.3. The second-order valence-corrected chi connectivity index (χ2v) is 4.72. The van der Waals surface area contributed by atoms with Gasteiger partial charge < -0.3 is 9.64 Å². The van der Waals surface area contributed by atoms with Crippen molar-refractivity contribution in [1.82, 2.24) is 0 Å². The summed E-state index contributed by atoms with van der Waals surface area (Å²) in [5, 5.41) is 18.0. The van der Waals surface area contributed by atoms with Crippen molar-refractivity contribution < 1.29 is 13.0 Å². The Morgan fingerprint density at radius 3 is 2.43 bits per heavy atom. The van der Waals surface area contributed by atoms with E-state index in [1.165, 1.54) is 12.1 Å². The van der Waals surface area contributed by atoms with Crippen molar-refractivity contribution in [3.8, 4) is 12.1 Å². The molecule has 0 saturated carbocycles. The van der Waals surface area contributed by atoms with Gasteiger partial charge in [0.15, 0.2) is 0 Å². The van der Waals surface area contributed by atoms with Crippen molar-refractivity contribution >= 4 is 11.8 Å². The van der Waals surface area contributed by atoms with Crippen LogP contribution in [-0.4, -0.2) is 14.0 Å². The van der Waals surface area contributed by atoms with E-state index in [0.717, 1.165) is 0 Å². The van der Waals surface area contributed by atoms with Gasteiger partial charge >= 0.3 is 0 Å². The minimum atomic E-state index is -2.81. The summed E-state index contributed by atoms with van der Waals surface area (Å²) in [6.45, 7) is -3.93. The highest BCUT2D eigenvalue weighted by molar-refractivity contribution is 5.59. The number of rotatable bonds is 3. The van der Waals surface area contributed by atoms with Crippen LogP contribution in [0.4, 0.5) is 5.69 Å². The normalized spacial score (nSPS) is 18.5. The first-order chi connectivity index (χ1) is 13.5. The molecule has 0 atom stereocenters. The molecule has 4 heteroatoms. The van der Waals surface area contributed by atoms with Crippen molar-refractivity contribution in [3.63, 3.8) is 0 Å². The third-order valence-corrected chi connectivity index (χ3v) is 3.04. The van der Waals surface area contributed by atoms with Crippen LogP contribution in [0.2, 0.25) is 0 Å². The molecule has 0 radical (unpaired) electrons. The Bertz CT molecular complexity index is 953. The standard InChI is InChI=1S/C19H17N3O/c1-14-10-16(17(12-20)13-21)11-19(23-14)9-6-15-4-7-18(8-5-15)22(2)3/h4-11H,1-3H3/b9-6+/i2D3,3D3. The first-order valence-corrected chi connectivity index (χ1v) is 6.66. The molecule has 0 N–H and O–H groups in total. The Morgan fingerprint density at radius 2 is 1.83 bits per heavy atom. The summed E-state index contributed by atoms with van der Waals surface area (Å²) in [5.41, 5.74) is 1.14. The maximum atomic E-state index is 9.01. The lowest BCUT2D eigenvalue weighted by Crippen LogP contribution is -2.07. The molecule has 0 saturated heterocycles. The Labute approximate surface area is 144 Å². The first kappa shape index (κ1) is 9.71. The summed E-state index contributed by atoms with van der Waals surface area (Å²) in [7, 11) is 0. The van der Waals surface area contributed by atoms with Gasteiger partial charge in [0, 0.05) is 33.4 Å². The van der Waals surface area contributed by atoms with Gasteiger partial charge in [-0.15, -0.1) is 0 Å². The summed E-state index contributed by atoms with van der Waals surface area (Å²) in [4.78, 5) is 0.413. The number of hydrogen-bond donors (Lipinski definition) is 0. The van der Waals surface area contributed by atoms with E-state index in [4.69, 9.17) is 23.5 Å². The van der Waals surface area contributed by atoms with Gasteiger partial charge in [-0.2, -0.15) is 10.5 Å². The quantitative estimate of drug-likeness (QED) is 0.794. The molecule has 0 aliphatic carbocycles. The largest absolute Gasteiger partial charge is 0.462 e. The second kappa shape index (κ2) is 7.15. The van der Waals surface area contributed by atoms with Crippen LogP contribution >= 0.6 is 0 Å². The third kappa shape index (κ3) is 4.12. The SMILES string of the molecule is [2H]C([2H])([2H])N(c1ccc(/C=C/C2=CC(=C(C#N)C#N)C=C(C)O2)cc1)C([2H])([2H])[2H]. The van der Waals surface area contributed by atoms with Crippen molar-refractivity contribution in [3.05, 3.63) is 70.7 Å². The van der Waals surface area contributed by atoms with Crippen LogP contribution in [-0.2, 0) is 4.74 Å². The van der Waals surface area contributed by atoms with Crippen LogP contribution < -0.4 is 4.90 Å². The van der Waals surface area contributed by atoms with Crippen LogP contribution in [0, 0.1) is 22.7 Å². The van der Waals surface area contributed by atoms with Gasteiger partial charge in [0.1, 0.15) is 29.2 Å². The van der Waals surface area contributed by atoms with Crippen LogP contribution in [0.25, 0.3) is 6.08 Å². The van der Waals surface area contributed by atoms with Gasteiger partial charge in [-0.1, -0.05) is 18.2 Å². The minimum Gasteiger partial charge on any atom is -0.462 e. The Morgan fingerprint density at radius 1 is 1.13 bits per heavy atom. The van der Waals surface area contributed by atoms with Crippen LogP contribution in [0.1, 0.15) is 20.7 Å². The zero-order valence-electron chi connectivity index (χ0n) is 18.4. The predicted molar refractivity (Wildman–Crippen MR) is 91.0 cm³/mol. The van der Waals surface area contributed by atoms with Crippen LogP contribution in [0.3, 0.4) is 0 Å². The maximum Gasteiger partial charge on any atom is 0.137 e. The number of anilines is 1. The van der Waals surface area contributed by atoms with E-state index in [1.54, 1.807) is 43.4 Å². The van der Waals surface area contributed by atoms with E-state index in [9.17, 15) is 0 Å². The summed E-state index contributed by atoms with van der Waals surface area (Å²) in [6.07, 6.45) is 6.46. The van der Waals surface area contributed by atoms with Crippen molar-refractivity contribution in [2.45, 2.75) is 6.92 Å². The molecule has 2 rings (SSSR count). The topological polar surface area (TPSA) is 60.0 Å². The number of allylic oxidation sites excluding steroid dienone is 6. The van der Waals surface area contributed by atoms with Gasteiger partial charge in [0.2, 0.25) is 0 Å². The van der Waals surface area contributed by atoms with Gasteiger partial charge in [0.25, 0.3) is 0 Å². The summed E-state index contributed by atoms with van der Waals surface area (Å²) >= 11 is 0. The zero-order valence-corrected chi connectivity index (χ0v) is 12.4. The molecule has 4 nitrogen and oxygen atoms in total. The average Bonchev–Trinajstić information content (AvgIpc) is 2.59. The fraction of sp³-hybridized carbons (Fsp3) is 0.158. The van der Waals surface area contributed by atoms with Crippen molar-refractivity contribution in [2.24, 2.45) is 0 Å². The van der Waals surface area contributed by atoms with Gasteiger partial charge in [0.05, 0.1) is 0 Å². The van der Waals surface area contributed by atoms with E-state index < -0.39 is 14.0 Å². The Kier molecular flexibility index (Phi) is 3.02. The lowest BCUT2D eigenvalue weighted by molar-refractivity contribution is 0.318. The number of benzene rings is 1. The highest BCUT2D eigenvalue weighted by Gasteiger charge is 2.10.